The van der Waals surface area contributed by atoms with E-state index in [2.05, 4.69) is 33.8 Å². The number of rotatable bonds is 6. The molecule has 0 aliphatic carbocycles. The number of fused-ring (bicyclic) bond motifs is 3. The van der Waals surface area contributed by atoms with Crippen molar-refractivity contribution in [3.8, 4) is 0 Å². The first kappa shape index (κ1) is 23.9. The molecule has 4 heterocycles. The molecule has 35 heavy (non-hydrogen) atoms. The maximum absolute atomic E-state index is 12.0. The first-order valence-electron chi connectivity index (χ1n) is 12.9. The van der Waals surface area contributed by atoms with Crippen molar-refractivity contribution in [2.75, 3.05) is 20.2 Å². The van der Waals surface area contributed by atoms with Crippen molar-refractivity contribution in [1.29, 1.82) is 0 Å². The number of nitrogens with one attached hydrogen (secondary N) is 1. The maximum Gasteiger partial charge on any atom is 0.409 e. The van der Waals surface area contributed by atoms with Gasteiger partial charge in [-0.1, -0.05) is 30.3 Å². The van der Waals surface area contributed by atoms with Crippen molar-refractivity contribution < 1.29 is 14.3 Å². The van der Waals surface area contributed by atoms with E-state index >= 15 is 0 Å². The van der Waals surface area contributed by atoms with Gasteiger partial charge in [-0.05, 0) is 44.6 Å². The molecule has 1 unspecified atom stereocenters. The largest absolute Gasteiger partial charge is 0.453 e. The van der Waals surface area contributed by atoms with Crippen LogP contribution >= 0.6 is 0 Å². The lowest BCUT2D eigenvalue weighted by atomic mass is 9.95. The quantitative estimate of drug-likeness (QED) is 0.683. The number of carbonyl (C=O) groups is 2. The second-order valence-corrected chi connectivity index (χ2v) is 10.3. The topological polar surface area (TPSA) is 79.7 Å². The van der Waals surface area contributed by atoms with Gasteiger partial charge in [0.25, 0.3) is 0 Å². The molecule has 3 aliphatic heterocycles. The molecule has 2 saturated heterocycles. The standard InChI is InChI=1S/C27H37N5O3/c1-18-28-25-17-30(27(34)35-3)13-12-26(25)32(18)23-15-21-9-10-22(16-23)31(21)14-11-24(29-19(2)33)20-7-5-4-6-8-20/h4-8,21-24H,9-17H2,1-3H3,(H,29,33)/t21-,22+,23?,24-/m0/s1. The fourth-order valence-corrected chi connectivity index (χ4v) is 6.66. The second kappa shape index (κ2) is 10.0. The van der Waals surface area contributed by atoms with Crippen LogP contribution in [0.15, 0.2) is 30.3 Å². The third-order valence-corrected chi connectivity index (χ3v) is 8.14. The number of aryl methyl sites for hydroxylation is 1. The van der Waals surface area contributed by atoms with Gasteiger partial charge in [-0.25, -0.2) is 9.78 Å². The molecule has 2 bridgehead atoms. The molecule has 1 N–H and O–H groups in total. The molecule has 1 aromatic heterocycles. The summed E-state index contributed by atoms with van der Waals surface area (Å²) in [6.07, 6.45) is 6.23. The normalized spacial score (nSPS) is 24.7. The van der Waals surface area contributed by atoms with Gasteiger partial charge < -0.3 is 19.5 Å². The summed E-state index contributed by atoms with van der Waals surface area (Å²) in [5.74, 6) is 1.08. The van der Waals surface area contributed by atoms with E-state index in [-0.39, 0.29) is 18.0 Å². The van der Waals surface area contributed by atoms with Crippen LogP contribution in [0.4, 0.5) is 4.79 Å². The Hall–Kier alpha value is -2.87. The Labute approximate surface area is 207 Å². The number of hydrogen-bond donors (Lipinski definition) is 1. The number of hydrogen-bond acceptors (Lipinski definition) is 5. The fraction of sp³-hybridized carbons (Fsp3) is 0.593. The van der Waals surface area contributed by atoms with E-state index in [1.807, 2.05) is 18.2 Å². The zero-order valence-corrected chi connectivity index (χ0v) is 21.1. The van der Waals surface area contributed by atoms with Crippen LogP contribution in [0.1, 0.15) is 73.9 Å². The van der Waals surface area contributed by atoms with E-state index in [1.54, 1.807) is 11.8 Å². The molecule has 4 atom stereocenters. The van der Waals surface area contributed by atoms with E-state index in [0.29, 0.717) is 31.2 Å². The minimum absolute atomic E-state index is 0.0201. The first-order valence-corrected chi connectivity index (χ1v) is 12.9. The Morgan fingerprint density at radius 1 is 1.14 bits per heavy atom. The molecule has 2 amide bonds. The van der Waals surface area contributed by atoms with Gasteiger partial charge >= 0.3 is 6.09 Å². The predicted molar refractivity (Wildman–Crippen MR) is 133 cm³/mol. The van der Waals surface area contributed by atoms with E-state index in [1.165, 1.54) is 31.2 Å². The molecule has 1 aromatic carbocycles. The van der Waals surface area contributed by atoms with Gasteiger partial charge in [0.15, 0.2) is 0 Å². The Morgan fingerprint density at radius 2 is 1.86 bits per heavy atom. The van der Waals surface area contributed by atoms with E-state index in [0.717, 1.165) is 43.7 Å². The lowest BCUT2D eigenvalue weighted by Gasteiger charge is -2.41. The SMILES string of the molecule is COC(=O)N1CCc2c(nc(C)n2C2C[C@H]3CC[C@@H](C2)N3CC[C@H](NC(C)=O)c2ccccc2)C1. The summed E-state index contributed by atoms with van der Waals surface area (Å²) in [6.45, 7) is 5.92. The number of piperidine rings is 1. The molecule has 0 saturated carbocycles. The smallest absolute Gasteiger partial charge is 0.409 e. The summed E-state index contributed by atoms with van der Waals surface area (Å²) < 4.78 is 7.40. The molecular weight excluding hydrogens is 442 g/mol. The summed E-state index contributed by atoms with van der Waals surface area (Å²) in [5, 5.41) is 3.16. The molecule has 2 aromatic rings. The molecular formula is C27H37N5O3. The molecule has 8 heteroatoms. The Morgan fingerprint density at radius 3 is 2.51 bits per heavy atom. The van der Waals surface area contributed by atoms with Crippen LogP contribution in [0, 0.1) is 6.92 Å². The molecule has 0 radical (unpaired) electrons. The highest BCUT2D eigenvalue weighted by molar-refractivity contribution is 5.73. The number of benzene rings is 1. The molecule has 188 valence electrons. The van der Waals surface area contributed by atoms with Crippen LogP contribution in [0.5, 0.6) is 0 Å². The Kier molecular flexibility index (Phi) is 6.82. The van der Waals surface area contributed by atoms with Crippen molar-refractivity contribution in [3.05, 3.63) is 53.1 Å². The molecule has 3 aliphatic rings. The lowest BCUT2D eigenvalue weighted by molar-refractivity contribution is -0.119. The van der Waals surface area contributed by atoms with Crippen molar-refractivity contribution in [1.82, 2.24) is 24.7 Å². The number of aromatic nitrogens is 2. The first-order chi connectivity index (χ1) is 16.9. The van der Waals surface area contributed by atoms with Crippen LogP contribution in [-0.4, -0.2) is 63.6 Å². The number of imidazole rings is 1. The summed E-state index contributed by atoms with van der Waals surface area (Å²) >= 11 is 0. The molecule has 8 nitrogen and oxygen atoms in total. The monoisotopic (exact) mass is 479 g/mol. The number of methoxy groups -OCH3 is 1. The van der Waals surface area contributed by atoms with Crippen LogP contribution < -0.4 is 5.32 Å². The third-order valence-electron chi connectivity index (χ3n) is 8.14. The number of nitrogens with zero attached hydrogens (tertiary/aromatic N) is 4. The van der Waals surface area contributed by atoms with Gasteiger partial charge in [-0.2, -0.15) is 0 Å². The zero-order valence-electron chi connectivity index (χ0n) is 21.1. The average Bonchev–Trinajstić information content (AvgIpc) is 3.31. The van der Waals surface area contributed by atoms with Crippen LogP contribution in [0.2, 0.25) is 0 Å². The molecule has 0 spiro atoms. The van der Waals surface area contributed by atoms with Crippen molar-refractivity contribution >= 4 is 12.0 Å². The van der Waals surface area contributed by atoms with Crippen molar-refractivity contribution in [2.24, 2.45) is 0 Å². The van der Waals surface area contributed by atoms with Crippen molar-refractivity contribution in [2.45, 2.75) is 83.1 Å². The predicted octanol–water partition coefficient (Wildman–Crippen LogP) is 3.75. The van der Waals surface area contributed by atoms with E-state index in [4.69, 9.17) is 9.72 Å². The van der Waals surface area contributed by atoms with Gasteiger partial charge in [-0.15, -0.1) is 0 Å². The zero-order chi connectivity index (χ0) is 24.5. The highest BCUT2D eigenvalue weighted by Gasteiger charge is 2.42. The Balaban J connectivity index is 1.26. The number of amides is 2. The summed E-state index contributed by atoms with van der Waals surface area (Å²) in [6, 6.07) is 12.0. The van der Waals surface area contributed by atoms with Gasteiger partial charge in [0.05, 0.1) is 25.4 Å². The van der Waals surface area contributed by atoms with Gasteiger partial charge in [0, 0.05) is 50.3 Å². The molecule has 5 rings (SSSR count). The minimum atomic E-state index is -0.276. The summed E-state index contributed by atoms with van der Waals surface area (Å²) in [5.41, 5.74) is 3.50. The second-order valence-electron chi connectivity index (χ2n) is 10.3. The third kappa shape index (κ3) is 4.81. The van der Waals surface area contributed by atoms with Gasteiger partial charge in [0.2, 0.25) is 5.91 Å². The maximum atomic E-state index is 12.0. The van der Waals surface area contributed by atoms with Gasteiger partial charge in [0.1, 0.15) is 5.82 Å². The van der Waals surface area contributed by atoms with Crippen LogP contribution in [-0.2, 0) is 22.5 Å². The summed E-state index contributed by atoms with van der Waals surface area (Å²) in [7, 11) is 1.43. The van der Waals surface area contributed by atoms with E-state index in [9.17, 15) is 9.59 Å². The van der Waals surface area contributed by atoms with E-state index < -0.39 is 0 Å². The Bertz CT molecular complexity index is 1050. The van der Waals surface area contributed by atoms with Gasteiger partial charge in [-0.3, -0.25) is 9.69 Å². The average molecular weight is 480 g/mol. The fourth-order valence-electron chi connectivity index (χ4n) is 6.66. The number of carbonyl (C=O) groups excluding carboxylic acids is 2. The van der Waals surface area contributed by atoms with Crippen LogP contribution in [0.3, 0.4) is 0 Å². The minimum Gasteiger partial charge on any atom is -0.453 e. The van der Waals surface area contributed by atoms with Crippen LogP contribution in [0.25, 0.3) is 0 Å². The number of ether oxygens (including phenoxy) is 1. The lowest BCUT2D eigenvalue weighted by Crippen LogP contribution is -2.45. The van der Waals surface area contributed by atoms with Crippen molar-refractivity contribution in [3.63, 3.8) is 0 Å². The highest BCUT2D eigenvalue weighted by Crippen LogP contribution is 2.42. The molecule has 2 fully saturated rings. The highest BCUT2D eigenvalue weighted by atomic mass is 16.5. The summed E-state index contributed by atoms with van der Waals surface area (Å²) in [4.78, 5) is 33.2.